The Labute approximate surface area is 93.8 Å². The largest absolute Gasteiger partial charge is 2.00 e. The van der Waals surface area contributed by atoms with E-state index in [1.54, 1.807) is 0 Å². The van der Waals surface area contributed by atoms with Gasteiger partial charge in [0.2, 0.25) is 0 Å². The maximum Gasteiger partial charge on any atom is 2.00 e. The molecule has 72 valence electrons. The Balaban J connectivity index is -0.000000167. The smallest absolute Gasteiger partial charge is 1.00 e. The van der Waals surface area contributed by atoms with E-state index in [0.29, 0.717) is 6.42 Å². The summed E-state index contributed by atoms with van der Waals surface area (Å²) in [7, 11) is -3.71. The predicted molar refractivity (Wildman–Crippen MR) is 53.2 cm³/mol. The zero-order valence-electron chi connectivity index (χ0n) is 9.62. The Bertz CT molecular complexity index is 185. The van der Waals surface area contributed by atoms with Gasteiger partial charge >= 0.3 is 23.1 Å². The summed E-state index contributed by atoms with van der Waals surface area (Å²) >= 11 is 0. The van der Waals surface area contributed by atoms with Crippen LogP contribution in [0.25, 0.3) is 0 Å². The molecular formula is C7H18MgO3S. The third-order valence-electron chi connectivity index (χ3n) is 1.51. The van der Waals surface area contributed by atoms with Gasteiger partial charge in [-0.3, -0.25) is 4.55 Å². The summed E-state index contributed by atoms with van der Waals surface area (Å²) in [4.78, 5) is 0. The average molecular weight is 207 g/mol. The SMILES string of the molecule is CCCCCCCS(=O)(=O)O.[H-].[H-].[Mg+2]. The predicted octanol–water partition coefficient (Wildman–Crippen LogP) is 1.69. The molecule has 0 fully saturated rings. The van der Waals surface area contributed by atoms with Crippen molar-refractivity contribution in [3.8, 4) is 0 Å². The molecule has 1 N–H and O–H groups in total. The molecular weight excluding hydrogens is 188 g/mol. The molecule has 0 spiro atoms. The van der Waals surface area contributed by atoms with E-state index in [4.69, 9.17) is 4.55 Å². The molecule has 0 saturated carbocycles. The van der Waals surface area contributed by atoms with Crippen LogP contribution < -0.4 is 0 Å². The number of hydrogen-bond donors (Lipinski definition) is 1. The normalized spacial score (nSPS) is 10.8. The Morgan fingerprint density at radius 1 is 1.17 bits per heavy atom. The van der Waals surface area contributed by atoms with Gasteiger partial charge in [-0.1, -0.05) is 32.6 Å². The Hall–Kier alpha value is 0.676. The van der Waals surface area contributed by atoms with Crippen LogP contribution in [0.4, 0.5) is 0 Å². The van der Waals surface area contributed by atoms with Crippen LogP contribution >= 0.6 is 0 Å². The Morgan fingerprint density at radius 2 is 1.67 bits per heavy atom. The van der Waals surface area contributed by atoms with Gasteiger partial charge in [0, 0.05) is 0 Å². The van der Waals surface area contributed by atoms with Crippen molar-refractivity contribution >= 4 is 33.2 Å². The average Bonchev–Trinajstić information content (AvgIpc) is 1.85. The van der Waals surface area contributed by atoms with Gasteiger partial charge in [-0.25, -0.2) is 0 Å². The molecule has 3 nitrogen and oxygen atoms in total. The summed E-state index contributed by atoms with van der Waals surface area (Å²) in [5.74, 6) is -0.0866. The summed E-state index contributed by atoms with van der Waals surface area (Å²) in [6.45, 7) is 2.10. The summed E-state index contributed by atoms with van der Waals surface area (Å²) in [6, 6.07) is 0. The first kappa shape index (κ1) is 15.2. The molecule has 0 aromatic rings. The Kier molecular flexibility index (Phi) is 10.5. The standard InChI is InChI=1S/C7H16O3S.Mg.2H/c1-2-3-4-5-6-7-11(8,9)10;;;/h2-7H2,1H3,(H,8,9,10);;;/q;+2;2*-1. The topological polar surface area (TPSA) is 54.4 Å². The molecule has 0 aliphatic rings. The number of hydrogen-bond acceptors (Lipinski definition) is 2. The van der Waals surface area contributed by atoms with E-state index in [0.717, 1.165) is 25.7 Å². The molecule has 0 atom stereocenters. The van der Waals surface area contributed by atoms with Gasteiger partial charge in [0.25, 0.3) is 10.1 Å². The summed E-state index contributed by atoms with van der Waals surface area (Å²) in [5, 5.41) is 0. The minimum Gasteiger partial charge on any atom is -1.00 e. The molecule has 0 bridgehead atoms. The minimum absolute atomic E-state index is 0. The van der Waals surface area contributed by atoms with Crippen molar-refractivity contribution in [2.24, 2.45) is 0 Å². The molecule has 0 aromatic carbocycles. The summed E-state index contributed by atoms with van der Waals surface area (Å²) in [5.41, 5.74) is 0. The van der Waals surface area contributed by atoms with Gasteiger partial charge in [0.15, 0.2) is 0 Å². The van der Waals surface area contributed by atoms with E-state index in [2.05, 4.69) is 6.92 Å². The molecule has 0 amide bonds. The van der Waals surface area contributed by atoms with E-state index < -0.39 is 10.1 Å². The van der Waals surface area contributed by atoms with Gasteiger partial charge in [-0.15, -0.1) is 0 Å². The van der Waals surface area contributed by atoms with Crippen molar-refractivity contribution in [2.45, 2.75) is 39.0 Å². The fourth-order valence-electron chi connectivity index (χ4n) is 0.888. The van der Waals surface area contributed by atoms with Crippen molar-refractivity contribution in [3.63, 3.8) is 0 Å². The molecule has 12 heavy (non-hydrogen) atoms. The second-order valence-electron chi connectivity index (χ2n) is 2.70. The number of rotatable bonds is 6. The second-order valence-corrected chi connectivity index (χ2v) is 4.27. The van der Waals surface area contributed by atoms with Gasteiger partial charge < -0.3 is 2.85 Å². The van der Waals surface area contributed by atoms with Crippen molar-refractivity contribution in [1.82, 2.24) is 0 Å². The molecule has 5 heteroatoms. The van der Waals surface area contributed by atoms with E-state index in [1.807, 2.05) is 0 Å². The van der Waals surface area contributed by atoms with Crippen LogP contribution in [0.5, 0.6) is 0 Å². The van der Waals surface area contributed by atoms with Gasteiger partial charge in [0.05, 0.1) is 5.75 Å². The van der Waals surface area contributed by atoms with Gasteiger partial charge in [-0.05, 0) is 6.42 Å². The van der Waals surface area contributed by atoms with Crippen molar-refractivity contribution < 1.29 is 15.8 Å². The maximum absolute atomic E-state index is 10.2. The minimum atomic E-state index is -3.71. The van der Waals surface area contributed by atoms with Crippen LogP contribution in [0.2, 0.25) is 0 Å². The van der Waals surface area contributed by atoms with Crippen LogP contribution in [-0.4, -0.2) is 41.8 Å². The summed E-state index contributed by atoms with van der Waals surface area (Å²) in [6.07, 6.45) is 4.83. The molecule has 0 saturated heterocycles. The van der Waals surface area contributed by atoms with E-state index >= 15 is 0 Å². The van der Waals surface area contributed by atoms with Crippen LogP contribution in [0.3, 0.4) is 0 Å². The van der Waals surface area contributed by atoms with Gasteiger partial charge in [0.1, 0.15) is 0 Å². The molecule has 0 aromatic heterocycles. The van der Waals surface area contributed by atoms with E-state index in [9.17, 15) is 8.42 Å². The molecule has 0 heterocycles. The van der Waals surface area contributed by atoms with Crippen LogP contribution in [0.15, 0.2) is 0 Å². The summed E-state index contributed by atoms with van der Waals surface area (Å²) < 4.78 is 28.8. The third kappa shape index (κ3) is 13.3. The van der Waals surface area contributed by atoms with Crippen molar-refractivity contribution in [1.29, 1.82) is 0 Å². The fraction of sp³-hybridized carbons (Fsp3) is 1.00. The molecule has 0 aliphatic heterocycles. The fourth-order valence-corrected chi connectivity index (χ4v) is 1.46. The quantitative estimate of drug-likeness (QED) is 0.409. The molecule has 0 rings (SSSR count). The zero-order valence-corrected chi connectivity index (χ0v) is 9.85. The first-order valence-corrected chi connectivity index (χ1v) is 5.62. The molecule has 0 aliphatic carbocycles. The molecule has 0 unspecified atom stereocenters. The zero-order chi connectivity index (χ0) is 8.74. The van der Waals surface area contributed by atoms with Crippen molar-refractivity contribution in [3.05, 3.63) is 0 Å². The van der Waals surface area contributed by atoms with Crippen LogP contribution in [0, 0.1) is 0 Å². The first-order chi connectivity index (χ1) is 5.06. The maximum atomic E-state index is 10.2. The Morgan fingerprint density at radius 3 is 2.08 bits per heavy atom. The third-order valence-corrected chi connectivity index (χ3v) is 2.31. The molecule has 0 radical (unpaired) electrons. The van der Waals surface area contributed by atoms with Crippen LogP contribution in [0.1, 0.15) is 41.9 Å². The number of unbranched alkanes of at least 4 members (excludes halogenated alkanes) is 4. The van der Waals surface area contributed by atoms with Crippen LogP contribution in [-0.2, 0) is 10.1 Å². The van der Waals surface area contributed by atoms with E-state index in [-0.39, 0.29) is 31.7 Å². The van der Waals surface area contributed by atoms with Crippen molar-refractivity contribution in [2.75, 3.05) is 5.75 Å². The van der Waals surface area contributed by atoms with E-state index in [1.165, 1.54) is 0 Å². The first-order valence-electron chi connectivity index (χ1n) is 4.01. The van der Waals surface area contributed by atoms with Gasteiger partial charge in [-0.2, -0.15) is 8.42 Å². The second kappa shape index (κ2) is 8.28. The monoisotopic (exact) mass is 206 g/mol.